The zero-order chi connectivity index (χ0) is 16.2. The van der Waals surface area contributed by atoms with Gasteiger partial charge in [0.1, 0.15) is 6.33 Å². The zero-order valence-electron chi connectivity index (χ0n) is 11.8. The van der Waals surface area contributed by atoms with E-state index in [9.17, 15) is 9.18 Å². The van der Waals surface area contributed by atoms with Gasteiger partial charge in [0.15, 0.2) is 11.6 Å². The van der Waals surface area contributed by atoms with Crippen molar-refractivity contribution in [2.45, 2.75) is 6.54 Å². The average molecular weight is 319 g/mol. The topological polar surface area (TPSA) is 136 Å². The molecule has 0 radical (unpaired) electrons. The van der Waals surface area contributed by atoms with Crippen molar-refractivity contribution in [3.63, 3.8) is 0 Å². The van der Waals surface area contributed by atoms with Crippen molar-refractivity contribution in [1.82, 2.24) is 46.1 Å². The minimum absolute atomic E-state index is 0.0330. The lowest BCUT2D eigenvalue weighted by Gasteiger charge is -2.13. The van der Waals surface area contributed by atoms with Crippen LogP contribution in [-0.2, 0) is 6.54 Å². The van der Waals surface area contributed by atoms with Crippen molar-refractivity contribution in [2.24, 2.45) is 0 Å². The molecule has 0 saturated carbocycles. The number of rotatable bonds is 5. The van der Waals surface area contributed by atoms with Crippen LogP contribution >= 0.6 is 0 Å². The third kappa shape index (κ3) is 2.81. The number of halogens is 1. The number of nitrogens with zero attached hydrogens (tertiary/aromatic N) is 7. The Balaban J connectivity index is 1.91. The van der Waals surface area contributed by atoms with Gasteiger partial charge in [0.25, 0.3) is 11.7 Å². The number of benzene rings is 1. The summed E-state index contributed by atoms with van der Waals surface area (Å²) in [4.78, 5) is 11.8. The number of nitrogens with one attached hydrogen (secondary N) is 2. The summed E-state index contributed by atoms with van der Waals surface area (Å²) in [6.45, 7) is -0.147. The van der Waals surface area contributed by atoms with E-state index in [1.165, 1.54) is 24.2 Å². The highest BCUT2D eigenvalue weighted by atomic mass is 19.1. The Bertz CT molecular complexity index is 803. The number of hydrogen-bond acceptors (Lipinski definition) is 8. The number of amides is 1. The van der Waals surface area contributed by atoms with Gasteiger partial charge in [-0.15, -0.1) is 15.3 Å². The second-order valence-electron chi connectivity index (χ2n) is 4.25. The Morgan fingerprint density at radius 3 is 3.00 bits per heavy atom. The number of methoxy groups -OCH3 is 1. The summed E-state index contributed by atoms with van der Waals surface area (Å²) >= 11 is 0. The highest BCUT2D eigenvalue weighted by Gasteiger charge is 2.18. The van der Waals surface area contributed by atoms with Crippen molar-refractivity contribution < 1.29 is 13.9 Å². The van der Waals surface area contributed by atoms with Crippen LogP contribution in [0.2, 0.25) is 0 Å². The van der Waals surface area contributed by atoms with Gasteiger partial charge in [-0.1, -0.05) is 0 Å². The van der Waals surface area contributed by atoms with Crippen LogP contribution in [0.4, 0.5) is 4.39 Å². The molecule has 2 heterocycles. The Kier molecular flexibility index (Phi) is 3.86. The van der Waals surface area contributed by atoms with E-state index in [1.807, 2.05) is 0 Å². The standard InChI is InChI=1S/C11H10FN9O2/c1-23-8-3-2-7(21-5-14-17-20-21)6(9(8)12)4-13-11(22)10-15-18-19-16-10/h2-3,5H,4H2,1H3,(H,13,22)(H,15,16,18,19). The number of carbonyl (C=O) groups is 1. The SMILES string of the molecule is COc1ccc(-n2cnnn2)c(CNC(=O)c2nn[nH]n2)c1F. The van der Waals surface area contributed by atoms with E-state index in [0.717, 1.165) is 0 Å². The van der Waals surface area contributed by atoms with Gasteiger partial charge in [0, 0.05) is 12.1 Å². The molecule has 1 amide bonds. The van der Waals surface area contributed by atoms with Crippen LogP contribution in [0.25, 0.3) is 5.69 Å². The number of aromatic amines is 1. The third-order valence-electron chi connectivity index (χ3n) is 2.97. The number of tetrazole rings is 2. The maximum absolute atomic E-state index is 14.5. The van der Waals surface area contributed by atoms with Crippen LogP contribution in [0.3, 0.4) is 0 Å². The van der Waals surface area contributed by atoms with E-state index in [4.69, 9.17) is 4.74 Å². The van der Waals surface area contributed by atoms with E-state index in [0.29, 0.717) is 5.69 Å². The van der Waals surface area contributed by atoms with Gasteiger partial charge in [-0.05, 0) is 27.8 Å². The lowest BCUT2D eigenvalue weighted by molar-refractivity contribution is 0.0940. The molecule has 0 aliphatic heterocycles. The Labute approximate surface area is 127 Å². The van der Waals surface area contributed by atoms with Crippen molar-refractivity contribution in [2.75, 3.05) is 7.11 Å². The molecule has 0 aliphatic carbocycles. The van der Waals surface area contributed by atoms with Crippen LogP contribution < -0.4 is 10.1 Å². The predicted molar refractivity (Wildman–Crippen MR) is 71.0 cm³/mol. The molecule has 0 fully saturated rings. The van der Waals surface area contributed by atoms with Crippen LogP contribution in [-0.4, -0.2) is 53.8 Å². The first kappa shape index (κ1) is 14.5. The molecule has 11 nitrogen and oxygen atoms in total. The van der Waals surface area contributed by atoms with Gasteiger partial charge < -0.3 is 10.1 Å². The Hall–Kier alpha value is -3.44. The number of carbonyl (C=O) groups excluding carboxylic acids is 1. The van der Waals surface area contributed by atoms with Crippen LogP contribution in [0, 0.1) is 5.82 Å². The smallest absolute Gasteiger partial charge is 0.293 e. The monoisotopic (exact) mass is 319 g/mol. The molecule has 0 bridgehead atoms. The quantitative estimate of drug-likeness (QED) is 0.627. The zero-order valence-corrected chi connectivity index (χ0v) is 11.8. The summed E-state index contributed by atoms with van der Waals surface area (Å²) < 4.78 is 20.7. The molecular weight excluding hydrogens is 309 g/mol. The Morgan fingerprint density at radius 1 is 1.48 bits per heavy atom. The first-order valence-corrected chi connectivity index (χ1v) is 6.31. The molecule has 0 aliphatic rings. The normalized spacial score (nSPS) is 10.5. The van der Waals surface area contributed by atoms with Gasteiger partial charge in [-0.3, -0.25) is 4.79 Å². The molecule has 0 unspecified atom stereocenters. The molecule has 0 saturated heterocycles. The number of ether oxygens (including phenoxy) is 1. The summed E-state index contributed by atoms with van der Waals surface area (Å²) in [5, 5.41) is 25.7. The first-order chi connectivity index (χ1) is 11.2. The number of aromatic nitrogens is 8. The third-order valence-corrected chi connectivity index (χ3v) is 2.97. The van der Waals surface area contributed by atoms with Crippen molar-refractivity contribution >= 4 is 5.91 Å². The lowest BCUT2D eigenvalue weighted by atomic mass is 10.1. The van der Waals surface area contributed by atoms with E-state index < -0.39 is 11.7 Å². The summed E-state index contributed by atoms with van der Waals surface area (Å²) in [5.74, 6) is -1.36. The number of hydrogen-bond donors (Lipinski definition) is 2. The molecule has 3 aromatic rings. The van der Waals surface area contributed by atoms with Gasteiger partial charge in [0.05, 0.1) is 12.8 Å². The molecule has 12 heteroatoms. The summed E-state index contributed by atoms with van der Waals surface area (Å²) in [5.41, 5.74) is 0.509. The second-order valence-corrected chi connectivity index (χ2v) is 4.25. The Morgan fingerprint density at radius 2 is 2.35 bits per heavy atom. The molecule has 23 heavy (non-hydrogen) atoms. The van der Waals surface area contributed by atoms with E-state index in [-0.39, 0.29) is 23.7 Å². The fourth-order valence-electron chi connectivity index (χ4n) is 1.91. The fraction of sp³-hybridized carbons (Fsp3) is 0.182. The molecule has 1 aromatic carbocycles. The maximum Gasteiger partial charge on any atom is 0.293 e. The highest BCUT2D eigenvalue weighted by Crippen LogP contribution is 2.25. The molecule has 2 aromatic heterocycles. The summed E-state index contributed by atoms with van der Waals surface area (Å²) in [7, 11) is 1.34. The van der Waals surface area contributed by atoms with Gasteiger partial charge in [-0.2, -0.15) is 5.21 Å². The van der Waals surface area contributed by atoms with Crippen molar-refractivity contribution in [3.05, 3.63) is 35.7 Å². The predicted octanol–water partition coefficient (Wildman–Crippen LogP) is -0.747. The minimum Gasteiger partial charge on any atom is -0.494 e. The van der Waals surface area contributed by atoms with Crippen LogP contribution in [0.1, 0.15) is 16.2 Å². The highest BCUT2D eigenvalue weighted by molar-refractivity contribution is 5.90. The molecule has 2 N–H and O–H groups in total. The second kappa shape index (κ2) is 6.13. The van der Waals surface area contributed by atoms with Gasteiger partial charge >= 0.3 is 0 Å². The van der Waals surface area contributed by atoms with Gasteiger partial charge in [-0.25, -0.2) is 9.07 Å². The average Bonchev–Trinajstić information content (AvgIpc) is 3.26. The van der Waals surface area contributed by atoms with E-state index >= 15 is 0 Å². The van der Waals surface area contributed by atoms with Crippen molar-refractivity contribution in [3.8, 4) is 11.4 Å². The first-order valence-electron chi connectivity index (χ1n) is 6.31. The molecular formula is C11H10FN9O2. The molecule has 118 valence electrons. The van der Waals surface area contributed by atoms with E-state index in [1.54, 1.807) is 6.07 Å². The van der Waals surface area contributed by atoms with Crippen LogP contribution in [0.15, 0.2) is 18.5 Å². The number of H-pyrrole nitrogens is 1. The fourth-order valence-corrected chi connectivity index (χ4v) is 1.91. The van der Waals surface area contributed by atoms with Crippen molar-refractivity contribution in [1.29, 1.82) is 0 Å². The maximum atomic E-state index is 14.5. The van der Waals surface area contributed by atoms with E-state index in [2.05, 4.69) is 41.5 Å². The molecule has 3 rings (SSSR count). The lowest BCUT2D eigenvalue weighted by Crippen LogP contribution is -2.25. The van der Waals surface area contributed by atoms with Gasteiger partial charge in [0.2, 0.25) is 0 Å². The molecule has 0 atom stereocenters. The summed E-state index contributed by atoms with van der Waals surface area (Å²) in [6.07, 6.45) is 1.31. The summed E-state index contributed by atoms with van der Waals surface area (Å²) in [6, 6.07) is 3.02. The molecule has 0 spiro atoms. The minimum atomic E-state index is -0.631. The van der Waals surface area contributed by atoms with Crippen LogP contribution in [0.5, 0.6) is 5.75 Å². The largest absolute Gasteiger partial charge is 0.494 e.